The Morgan fingerprint density at radius 3 is 2.42 bits per heavy atom. The first-order chi connectivity index (χ1) is 11.6. The number of nitrogens with zero attached hydrogens (tertiary/aromatic N) is 3. The van der Waals surface area contributed by atoms with Gasteiger partial charge in [-0.3, -0.25) is 14.9 Å². The summed E-state index contributed by atoms with van der Waals surface area (Å²) in [5.41, 5.74) is 2.73. The van der Waals surface area contributed by atoms with Crippen LogP contribution >= 0.6 is 0 Å². The largest absolute Gasteiger partial charge is 0.368 e. The summed E-state index contributed by atoms with van der Waals surface area (Å²) in [5, 5.41) is 10.9. The van der Waals surface area contributed by atoms with Crippen LogP contribution in [0.15, 0.2) is 48.5 Å². The smallest absolute Gasteiger partial charge is 0.270 e. The van der Waals surface area contributed by atoms with E-state index in [0.29, 0.717) is 18.7 Å². The Bertz CT molecular complexity index is 768. The Morgan fingerprint density at radius 2 is 1.75 bits per heavy atom. The second-order valence-electron chi connectivity index (χ2n) is 5.87. The molecule has 0 aliphatic carbocycles. The van der Waals surface area contributed by atoms with E-state index >= 15 is 0 Å². The molecular weight excluding hydrogens is 306 g/mol. The van der Waals surface area contributed by atoms with Crippen molar-refractivity contribution in [3.8, 4) is 0 Å². The number of nitro groups is 1. The zero-order valence-electron chi connectivity index (χ0n) is 13.5. The predicted octanol–water partition coefficient (Wildman–Crippen LogP) is 2.87. The molecule has 0 atom stereocenters. The minimum Gasteiger partial charge on any atom is -0.368 e. The lowest BCUT2D eigenvalue weighted by atomic mass is 10.1. The third-order valence-electron chi connectivity index (χ3n) is 4.33. The van der Waals surface area contributed by atoms with Gasteiger partial charge in [0.2, 0.25) is 0 Å². The van der Waals surface area contributed by atoms with E-state index in [-0.39, 0.29) is 11.6 Å². The number of aryl methyl sites for hydroxylation is 1. The number of benzene rings is 2. The standard InChI is InChI=1S/C18H19N3O3/c1-14-5-2-3-8-17(14)19-9-11-20(12-10-19)18(22)15-6-4-7-16(13-15)21(23)24/h2-8,13H,9-12H2,1H3. The van der Waals surface area contributed by atoms with Crippen LogP contribution in [-0.2, 0) is 0 Å². The molecule has 24 heavy (non-hydrogen) atoms. The Morgan fingerprint density at radius 1 is 1.04 bits per heavy atom. The van der Waals surface area contributed by atoms with Crippen LogP contribution in [0.3, 0.4) is 0 Å². The fourth-order valence-corrected chi connectivity index (χ4v) is 3.00. The monoisotopic (exact) mass is 325 g/mol. The van der Waals surface area contributed by atoms with Crippen LogP contribution in [0, 0.1) is 17.0 Å². The topological polar surface area (TPSA) is 66.7 Å². The molecule has 1 heterocycles. The van der Waals surface area contributed by atoms with E-state index in [1.165, 1.54) is 23.4 Å². The lowest BCUT2D eigenvalue weighted by molar-refractivity contribution is -0.384. The second-order valence-corrected chi connectivity index (χ2v) is 5.87. The van der Waals surface area contributed by atoms with Crippen LogP contribution in [0.4, 0.5) is 11.4 Å². The number of piperazine rings is 1. The molecular formula is C18H19N3O3. The van der Waals surface area contributed by atoms with Gasteiger partial charge in [0.05, 0.1) is 4.92 Å². The number of carbonyl (C=O) groups excluding carboxylic acids is 1. The molecule has 124 valence electrons. The minimum atomic E-state index is -0.479. The maximum atomic E-state index is 12.6. The summed E-state index contributed by atoms with van der Waals surface area (Å²) in [6.45, 7) is 4.80. The molecule has 3 rings (SSSR count). The summed E-state index contributed by atoms with van der Waals surface area (Å²) in [6, 6.07) is 14.1. The van der Waals surface area contributed by atoms with Crippen LogP contribution < -0.4 is 4.90 Å². The van der Waals surface area contributed by atoms with Crippen molar-refractivity contribution in [3.63, 3.8) is 0 Å². The molecule has 1 amide bonds. The molecule has 0 unspecified atom stereocenters. The summed E-state index contributed by atoms with van der Waals surface area (Å²) in [7, 11) is 0. The van der Waals surface area contributed by atoms with Gasteiger partial charge in [-0.15, -0.1) is 0 Å². The highest BCUT2D eigenvalue weighted by Crippen LogP contribution is 2.22. The molecule has 0 saturated carbocycles. The molecule has 1 fully saturated rings. The fourth-order valence-electron chi connectivity index (χ4n) is 3.00. The molecule has 2 aromatic carbocycles. The van der Waals surface area contributed by atoms with Crippen LogP contribution in [0.5, 0.6) is 0 Å². The maximum Gasteiger partial charge on any atom is 0.270 e. The van der Waals surface area contributed by atoms with Crippen molar-refractivity contribution in [1.82, 2.24) is 4.90 Å². The molecule has 0 radical (unpaired) electrons. The molecule has 0 spiro atoms. The summed E-state index contributed by atoms with van der Waals surface area (Å²) < 4.78 is 0. The van der Waals surface area contributed by atoms with Crippen molar-refractivity contribution in [3.05, 3.63) is 69.8 Å². The van der Waals surface area contributed by atoms with Crippen molar-refractivity contribution in [2.45, 2.75) is 6.92 Å². The highest BCUT2D eigenvalue weighted by Gasteiger charge is 2.23. The Hall–Kier alpha value is -2.89. The van der Waals surface area contributed by atoms with E-state index in [9.17, 15) is 14.9 Å². The predicted molar refractivity (Wildman–Crippen MR) is 92.4 cm³/mol. The molecule has 1 aliphatic heterocycles. The quantitative estimate of drug-likeness (QED) is 0.643. The van der Waals surface area contributed by atoms with Gasteiger partial charge in [0.25, 0.3) is 11.6 Å². The van der Waals surface area contributed by atoms with Crippen LogP contribution in [-0.4, -0.2) is 41.9 Å². The average molecular weight is 325 g/mol. The van der Waals surface area contributed by atoms with E-state index in [0.717, 1.165) is 13.1 Å². The summed E-state index contributed by atoms with van der Waals surface area (Å²) >= 11 is 0. The summed E-state index contributed by atoms with van der Waals surface area (Å²) in [4.78, 5) is 27.0. The van der Waals surface area contributed by atoms with Gasteiger partial charge in [0.1, 0.15) is 0 Å². The Balaban J connectivity index is 1.68. The zero-order valence-corrected chi connectivity index (χ0v) is 13.5. The van der Waals surface area contributed by atoms with E-state index in [4.69, 9.17) is 0 Å². The first-order valence-electron chi connectivity index (χ1n) is 7.90. The number of non-ortho nitro benzene ring substituents is 1. The molecule has 0 bridgehead atoms. The number of hydrogen-bond acceptors (Lipinski definition) is 4. The van der Waals surface area contributed by atoms with Crippen LogP contribution in [0.1, 0.15) is 15.9 Å². The Kier molecular flexibility index (Phi) is 4.46. The van der Waals surface area contributed by atoms with Crippen molar-refractivity contribution < 1.29 is 9.72 Å². The lowest BCUT2D eigenvalue weighted by Crippen LogP contribution is -2.49. The van der Waals surface area contributed by atoms with E-state index in [1.807, 2.05) is 12.1 Å². The number of nitro benzene ring substituents is 1. The molecule has 0 N–H and O–H groups in total. The summed E-state index contributed by atoms with van der Waals surface area (Å²) in [6.07, 6.45) is 0. The van der Waals surface area contributed by atoms with E-state index < -0.39 is 4.92 Å². The third-order valence-corrected chi connectivity index (χ3v) is 4.33. The van der Waals surface area contributed by atoms with Crippen molar-refractivity contribution in [2.75, 3.05) is 31.1 Å². The molecule has 0 aromatic heterocycles. The van der Waals surface area contributed by atoms with Gasteiger partial charge < -0.3 is 9.80 Å². The summed E-state index contributed by atoms with van der Waals surface area (Å²) in [5.74, 6) is -0.150. The van der Waals surface area contributed by atoms with Crippen molar-refractivity contribution >= 4 is 17.3 Å². The van der Waals surface area contributed by atoms with Crippen molar-refractivity contribution in [2.24, 2.45) is 0 Å². The first-order valence-corrected chi connectivity index (χ1v) is 7.90. The van der Waals surface area contributed by atoms with E-state index in [2.05, 4.69) is 24.0 Å². The molecule has 1 aliphatic rings. The van der Waals surface area contributed by atoms with Gasteiger partial charge in [-0.05, 0) is 24.6 Å². The van der Waals surface area contributed by atoms with Crippen LogP contribution in [0.2, 0.25) is 0 Å². The Labute approximate surface area is 140 Å². The minimum absolute atomic E-state index is 0.0561. The number of hydrogen-bond donors (Lipinski definition) is 0. The average Bonchev–Trinajstić information content (AvgIpc) is 2.62. The number of carbonyl (C=O) groups is 1. The number of rotatable bonds is 3. The van der Waals surface area contributed by atoms with E-state index in [1.54, 1.807) is 17.0 Å². The SMILES string of the molecule is Cc1ccccc1N1CCN(C(=O)c2cccc([N+](=O)[O-])c2)CC1. The number of anilines is 1. The second kappa shape index (κ2) is 6.70. The number of para-hydroxylation sites is 1. The van der Waals surface area contributed by atoms with Gasteiger partial charge in [0.15, 0.2) is 0 Å². The molecule has 1 saturated heterocycles. The fraction of sp³-hybridized carbons (Fsp3) is 0.278. The van der Waals surface area contributed by atoms with Gasteiger partial charge in [-0.2, -0.15) is 0 Å². The number of amides is 1. The molecule has 6 nitrogen and oxygen atoms in total. The van der Waals surface area contributed by atoms with Crippen molar-refractivity contribution in [1.29, 1.82) is 0 Å². The van der Waals surface area contributed by atoms with Gasteiger partial charge in [0, 0.05) is 49.6 Å². The van der Waals surface area contributed by atoms with Gasteiger partial charge in [-0.25, -0.2) is 0 Å². The van der Waals surface area contributed by atoms with Gasteiger partial charge >= 0.3 is 0 Å². The zero-order chi connectivity index (χ0) is 17.1. The third kappa shape index (κ3) is 3.22. The maximum absolute atomic E-state index is 12.6. The van der Waals surface area contributed by atoms with Crippen LogP contribution in [0.25, 0.3) is 0 Å². The highest BCUT2D eigenvalue weighted by atomic mass is 16.6. The lowest BCUT2D eigenvalue weighted by Gasteiger charge is -2.36. The first kappa shape index (κ1) is 16.0. The molecule has 2 aromatic rings. The normalized spacial score (nSPS) is 14.5. The van der Waals surface area contributed by atoms with Gasteiger partial charge in [-0.1, -0.05) is 24.3 Å². The molecule has 6 heteroatoms. The highest BCUT2D eigenvalue weighted by molar-refractivity contribution is 5.95.